The maximum Gasteiger partial charge on any atom is 0.347 e. The van der Waals surface area contributed by atoms with Crippen LogP contribution in [0, 0.1) is 0 Å². The van der Waals surface area contributed by atoms with Crippen molar-refractivity contribution in [1.29, 1.82) is 0 Å². The lowest BCUT2D eigenvalue weighted by Crippen LogP contribution is -2.43. The fourth-order valence-electron chi connectivity index (χ4n) is 1.14. The minimum Gasteiger partial charge on any atom is -0.292 e. The average molecular weight is 196 g/mol. The summed E-state index contributed by atoms with van der Waals surface area (Å²) in [6.07, 6.45) is 1.46. The van der Waals surface area contributed by atoms with E-state index in [0.717, 1.165) is 10.8 Å². The van der Waals surface area contributed by atoms with Gasteiger partial charge < -0.3 is 0 Å². The number of carbonyl (C=O) groups is 1. The molecule has 2 aliphatic heterocycles. The van der Waals surface area contributed by atoms with Crippen LogP contribution in [0.25, 0.3) is 0 Å². The van der Waals surface area contributed by atoms with E-state index in [-0.39, 0.29) is 12.1 Å². The van der Waals surface area contributed by atoms with Crippen LogP contribution in [-0.4, -0.2) is 35.0 Å². The molecule has 5 nitrogen and oxygen atoms in total. The Bertz CT molecular complexity index is 333. The second kappa shape index (κ2) is 3.29. The van der Waals surface area contributed by atoms with Crippen LogP contribution in [0.1, 0.15) is 6.92 Å². The van der Waals surface area contributed by atoms with Crippen molar-refractivity contribution in [2.24, 2.45) is 15.0 Å². The number of hydrogen-bond donors (Lipinski definition) is 1. The highest BCUT2D eigenvalue weighted by Crippen LogP contribution is 2.16. The van der Waals surface area contributed by atoms with Crippen molar-refractivity contribution in [3.05, 3.63) is 0 Å². The Morgan fingerprint density at radius 2 is 2.54 bits per heavy atom. The average Bonchev–Trinajstić information content (AvgIpc) is 2.52. The zero-order valence-electron chi connectivity index (χ0n) is 7.02. The monoisotopic (exact) mass is 196 g/mol. The molecule has 0 fully saturated rings. The van der Waals surface area contributed by atoms with E-state index in [1.165, 1.54) is 18.1 Å². The number of aliphatic imine (C=N–C) groups is 3. The van der Waals surface area contributed by atoms with E-state index in [9.17, 15) is 4.79 Å². The number of nitrogens with one attached hydrogen (secondary N) is 1. The summed E-state index contributed by atoms with van der Waals surface area (Å²) in [4.78, 5) is 22.9. The first-order chi connectivity index (χ1) is 6.31. The topological polar surface area (TPSA) is 66.2 Å². The van der Waals surface area contributed by atoms with Crippen molar-refractivity contribution < 1.29 is 4.79 Å². The summed E-state index contributed by atoms with van der Waals surface area (Å²) < 4.78 is 0. The lowest BCUT2D eigenvalue weighted by atomic mass is 10.3. The molecule has 13 heavy (non-hydrogen) atoms. The van der Waals surface area contributed by atoms with Gasteiger partial charge in [-0.2, -0.15) is 4.99 Å². The van der Waals surface area contributed by atoms with Crippen LogP contribution in [0.5, 0.6) is 0 Å². The molecule has 0 saturated carbocycles. The van der Waals surface area contributed by atoms with E-state index in [0.29, 0.717) is 5.84 Å². The SMILES string of the molecule is CCSC1=NC(=O)NC2=NC=NC21. The molecule has 2 heterocycles. The van der Waals surface area contributed by atoms with Gasteiger partial charge in [0.25, 0.3) is 0 Å². The summed E-state index contributed by atoms with van der Waals surface area (Å²) >= 11 is 1.53. The summed E-state index contributed by atoms with van der Waals surface area (Å²) in [5.41, 5.74) is 0. The number of fused-ring (bicyclic) bond motifs is 1. The third-order valence-corrected chi connectivity index (χ3v) is 2.54. The van der Waals surface area contributed by atoms with E-state index in [1.54, 1.807) is 0 Å². The second-order valence-electron chi connectivity index (χ2n) is 2.49. The largest absolute Gasteiger partial charge is 0.347 e. The summed E-state index contributed by atoms with van der Waals surface area (Å²) in [5.74, 6) is 1.47. The van der Waals surface area contributed by atoms with Crippen molar-refractivity contribution in [3.8, 4) is 0 Å². The smallest absolute Gasteiger partial charge is 0.292 e. The van der Waals surface area contributed by atoms with Crippen molar-refractivity contribution in [2.75, 3.05) is 5.75 Å². The zero-order valence-corrected chi connectivity index (χ0v) is 7.84. The number of amidine groups is 1. The van der Waals surface area contributed by atoms with E-state index in [4.69, 9.17) is 0 Å². The molecule has 0 saturated heterocycles. The van der Waals surface area contributed by atoms with Crippen LogP contribution in [0.15, 0.2) is 15.0 Å². The molecular formula is C7H8N4OS. The normalized spacial score (nSPS) is 25.0. The molecule has 2 aliphatic rings. The predicted molar refractivity (Wildman–Crippen MR) is 53.8 cm³/mol. The van der Waals surface area contributed by atoms with Gasteiger partial charge in [-0.25, -0.2) is 9.79 Å². The molecule has 0 aromatic carbocycles. The first-order valence-electron chi connectivity index (χ1n) is 3.93. The van der Waals surface area contributed by atoms with Crippen LogP contribution in [0.3, 0.4) is 0 Å². The minimum absolute atomic E-state index is 0.164. The first kappa shape index (κ1) is 8.43. The number of amides is 2. The number of nitrogens with zero attached hydrogens (tertiary/aromatic N) is 3. The van der Waals surface area contributed by atoms with Crippen LogP contribution in [0.2, 0.25) is 0 Å². The highest BCUT2D eigenvalue weighted by atomic mass is 32.2. The Morgan fingerprint density at radius 3 is 3.31 bits per heavy atom. The molecule has 0 spiro atoms. The summed E-state index contributed by atoms with van der Waals surface area (Å²) in [6, 6.07) is -0.515. The fourth-order valence-corrected chi connectivity index (χ4v) is 1.92. The van der Waals surface area contributed by atoms with Gasteiger partial charge in [0.05, 0.1) is 0 Å². The molecule has 1 unspecified atom stereocenters. The predicted octanol–water partition coefficient (Wildman–Crippen LogP) is 0.670. The molecule has 0 aliphatic carbocycles. The minimum atomic E-state index is -0.351. The van der Waals surface area contributed by atoms with Crippen LogP contribution >= 0.6 is 11.8 Å². The summed E-state index contributed by atoms with van der Waals surface area (Å²) in [6.45, 7) is 2.01. The van der Waals surface area contributed by atoms with Gasteiger partial charge in [-0.05, 0) is 5.75 Å². The number of thioether (sulfide) groups is 1. The lowest BCUT2D eigenvalue weighted by Gasteiger charge is -2.17. The van der Waals surface area contributed by atoms with E-state index < -0.39 is 0 Å². The molecule has 2 rings (SSSR count). The quantitative estimate of drug-likeness (QED) is 0.669. The molecule has 0 aromatic heterocycles. The number of rotatable bonds is 1. The number of urea groups is 1. The molecule has 6 heteroatoms. The van der Waals surface area contributed by atoms with E-state index >= 15 is 0 Å². The molecule has 0 aromatic rings. The van der Waals surface area contributed by atoms with Gasteiger partial charge >= 0.3 is 6.03 Å². The van der Waals surface area contributed by atoms with Gasteiger partial charge in [0.15, 0.2) is 6.04 Å². The van der Waals surface area contributed by atoms with Gasteiger partial charge in [0, 0.05) is 0 Å². The van der Waals surface area contributed by atoms with Gasteiger partial charge in [0.1, 0.15) is 17.2 Å². The Balaban J connectivity index is 2.27. The highest BCUT2D eigenvalue weighted by Gasteiger charge is 2.30. The maximum absolute atomic E-state index is 11.0. The van der Waals surface area contributed by atoms with E-state index in [2.05, 4.69) is 20.3 Å². The Hall–Kier alpha value is -1.17. The Kier molecular flexibility index (Phi) is 2.13. The van der Waals surface area contributed by atoms with Gasteiger partial charge in [-0.3, -0.25) is 10.3 Å². The highest BCUT2D eigenvalue weighted by molar-refractivity contribution is 8.14. The third-order valence-electron chi connectivity index (χ3n) is 1.64. The third kappa shape index (κ3) is 1.49. The number of carbonyl (C=O) groups excluding carboxylic acids is 1. The van der Waals surface area contributed by atoms with Crippen molar-refractivity contribution in [1.82, 2.24) is 5.32 Å². The van der Waals surface area contributed by atoms with Crippen LogP contribution in [0.4, 0.5) is 4.79 Å². The van der Waals surface area contributed by atoms with Gasteiger partial charge in [0.2, 0.25) is 0 Å². The van der Waals surface area contributed by atoms with Gasteiger partial charge in [-0.15, -0.1) is 11.8 Å². The van der Waals surface area contributed by atoms with Crippen molar-refractivity contribution in [3.63, 3.8) is 0 Å². The lowest BCUT2D eigenvalue weighted by molar-refractivity contribution is 0.253. The molecule has 0 bridgehead atoms. The zero-order chi connectivity index (χ0) is 9.26. The van der Waals surface area contributed by atoms with E-state index in [1.807, 2.05) is 6.92 Å². The molecule has 2 amide bonds. The first-order valence-corrected chi connectivity index (χ1v) is 4.91. The molecule has 68 valence electrons. The molecular weight excluding hydrogens is 188 g/mol. The van der Waals surface area contributed by atoms with Crippen molar-refractivity contribution in [2.45, 2.75) is 13.0 Å². The molecule has 1 N–H and O–H groups in total. The van der Waals surface area contributed by atoms with Gasteiger partial charge in [-0.1, -0.05) is 6.92 Å². The number of hydrogen-bond acceptors (Lipinski definition) is 4. The van der Waals surface area contributed by atoms with Crippen LogP contribution in [-0.2, 0) is 0 Å². The second-order valence-corrected chi connectivity index (χ2v) is 3.78. The summed E-state index contributed by atoms with van der Waals surface area (Å²) in [5, 5.41) is 3.29. The Labute approximate surface area is 79.4 Å². The van der Waals surface area contributed by atoms with Crippen molar-refractivity contribution >= 4 is 35.0 Å². The molecule has 0 radical (unpaired) electrons. The summed E-state index contributed by atoms with van der Waals surface area (Å²) in [7, 11) is 0. The standard InChI is InChI=1S/C7H8N4OS/c1-2-13-6-4-5(9-3-8-4)10-7(12)11-6/h3-4H,2H2,1H3,(H,8,9,10,12). The molecule has 1 atom stereocenters. The Morgan fingerprint density at radius 1 is 1.69 bits per heavy atom. The fraction of sp³-hybridized carbons (Fsp3) is 0.429. The van der Waals surface area contributed by atoms with Crippen LogP contribution < -0.4 is 5.32 Å². The maximum atomic E-state index is 11.0.